The number of aryl methyl sites for hydroxylation is 1. The predicted molar refractivity (Wildman–Crippen MR) is 186 cm³/mol. The Bertz CT molecular complexity index is 3270. The molecule has 63 heavy (non-hydrogen) atoms. The second kappa shape index (κ2) is 25.4. The third-order valence-corrected chi connectivity index (χ3v) is 12.1. The second-order valence-corrected chi connectivity index (χ2v) is 18.3. The van der Waals surface area contributed by atoms with Gasteiger partial charge in [0.1, 0.15) is 78.4 Å². The molecule has 4 N–H and O–H groups in total. The Morgan fingerprint density at radius 2 is 1.08 bits per heavy atom. The fourth-order valence-corrected chi connectivity index (χ4v) is 7.98. The largest absolute Gasteiger partial charge is 1.00 e. The van der Waals surface area contributed by atoms with Gasteiger partial charge >= 0.3 is 263 Å². The van der Waals surface area contributed by atoms with E-state index in [9.17, 15) is 74.3 Å². The van der Waals surface area contributed by atoms with E-state index < -0.39 is 126 Å². The number of phenolic OH excluding ortho intramolecular Hbond substituents is 1. The number of aromatic hydroxyl groups is 1. The van der Waals surface area contributed by atoms with E-state index in [1.165, 1.54) is 6.92 Å². The normalized spacial score (nSPS) is 12.1. The van der Waals surface area contributed by atoms with Gasteiger partial charge in [-0.25, -0.2) is 47.1 Å². The second-order valence-electron chi connectivity index (χ2n) is 11.2. The van der Waals surface area contributed by atoms with Gasteiger partial charge in [-0.05, 0) is 60.8 Å². The first-order valence-corrected chi connectivity index (χ1v) is 21.9. The van der Waals surface area contributed by atoms with Gasteiger partial charge < -0.3 is 38.9 Å². The summed E-state index contributed by atoms with van der Waals surface area (Å²) in [5.41, 5.74) is -0.104. The average molecular weight is 1120 g/mol. The molecule has 0 fully saturated rings. The van der Waals surface area contributed by atoms with Crippen molar-refractivity contribution in [2.24, 2.45) is 20.5 Å². The zero-order valence-corrected chi connectivity index (χ0v) is 53.2. The fourth-order valence-electron chi connectivity index (χ4n) is 4.87. The molecule has 1 heterocycles. The van der Waals surface area contributed by atoms with Gasteiger partial charge in [0.2, 0.25) is 0 Å². The molecule has 0 aliphatic carbocycles. The molecule has 0 aliphatic rings. The summed E-state index contributed by atoms with van der Waals surface area (Å²) in [6, 6.07) is 4.02. The van der Waals surface area contributed by atoms with E-state index in [1.54, 1.807) is 0 Å². The number of hydrogen-bond acceptors (Lipinski definition) is 24. The molecule has 5 aromatic rings. The fraction of sp³-hybridized carbons (Fsp3) is 0.0370. The third kappa shape index (κ3) is 16.4. The summed E-state index contributed by atoms with van der Waals surface area (Å²) in [7, 11) is -27.9. The van der Waals surface area contributed by atoms with Gasteiger partial charge in [0.05, 0.1) is 41.2 Å². The summed E-state index contributed by atoms with van der Waals surface area (Å²) in [5, 5.41) is 25.5. The van der Waals surface area contributed by atoms with E-state index in [2.05, 4.69) is 35.7 Å². The first kappa shape index (κ1) is 65.8. The molecule has 0 radical (unpaired) electrons. The minimum Gasteiger partial charge on any atom is -0.744 e. The number of hydrogen-bond donors (Lipinski definition) is 3. The smallest absolute Gasteiger partial charge is 0.744 e. The monoisotopic (exact) mass is 1120 g/mol. The van der Waals surface area contributed by atoms with Crippen molar-refractivity contribution in [2.75, 3.05) is 11.1 Å². The van der Waals surface area contributed by atoms with E-state index in [0.29, 0.717) is 30.3 Å². The van der Waals surface area contributed by atoms with Crippen LogP contribution in [0, 0.1) is 13.0 Å². The van der Waals surface area contributed by atoms with Crippen LogP contribution < -0.4 is 268 Å². The van der Waals surface area contributed by atoms with Gasteiger partial charge in [-0.2, -0.15) is 9.37 Å². The first-order valence-electron chi connectivity index (χ1n) is 14.5. The SMILES string of the molecule is Cc1nc(F)nc(Nc2ccc(S(=O)(=O)[O-])c(N=Nc3c(S(=O)(=O)[O-])cc4cc(S(=O)(=O)[O-])c(N=Nc5cc(S(=O)(=O)[O-])ccc5S(=O)(=O)[O-])c(N)c4c3O)c2)c1Cl.[K+].[K+].[K+].[K+].[K+]. The van der Waals surface area contributed by atoms with Crippen molar-refractivity contribution >= 4 is 113 Å². The van der Waals surface area contributed by atoms with Crippen LogP contribution in [0.15, 0.2) is 93.5 Å². The molecule has 0 spiro atoms. The molecule has 0 saturated heterocycles. The van der Waals surface area contributed by atoms with Crippen molar-refractivity contribution in [3.63, 3.8) is 0 Å². The van der Waals surface area contributed by atoms with Crippen LogP contribution >= 0.6 is 11.6 Å². The first-order chi connectivity index (χ1) is 26.5. The molecule has 1 aromatic heterocycles. The number of nitrogens with two attached hydrogens (primary N) is 1. The van der Waals surface area contributed by atoms with E-state index in [4.69, 9.17) is 17.3 Å². The van der Waals surface area contributed by atoms with Crippen molar-refractivity contribution in [2.45, 2.75) is 31.4 Å². The number of nitrogens with zero attached hydrogens (tertiary/aromatic N) is 6. The van der Waals surface area contributed by atoms with Crippen LogP contribution in [0.3, 0.4) is 0 Å². The maximum Gasteiger partial charge on any atom is 1.00 e. The topological polar surface area (TPSA) is 420 Å². The quantitative estimate of drug-likeness (QED) is 0.0363. The molecule has 0 unspecified atom stereocenters. The third-order valence-electron chi connectivity index (χ3n) is 7.34. The number of phenols is 1. The van der Waals surface area contributed by atoms with Crippen LogP contribution in [-0.2, 0) is 50.6 Å². The van der Waals surface area contributed by atoms with Gasteiger partial charge in [-0.1, -0.05) is 11.6 Å². The van der Waals surface area contributed by atoms with Crippen molar-refractivity contribution < 1.29 is 331 Å². The minimum absolute atomic E-state index is 0. The number of azo groups is 2. The standard InChI is InChI=1S/C27H20ClFN8O16S5.5K/c1-10-21(28)26(33-27(29)31-10)32-12-2-4-16(55(42,43)44)14(8-12)34-37-24-19(58(51,52)53)7-11-6-18(57(48,49)50)23(22(30)20(11)25(24)38)36-35-15-9-13(54(39,40)41)3-5-17(15)56(45,46)47;;;;;/h2-9,38H,30H2,1H3,(H,31,32,33)(H,39,40,41)(H,42,43,44)(H,45,46,47)(H,48,49,50)(H,51,52,53);;;;;/q;5*+1/p-5. The number of rotatable bonds is 11. The van der Waals surface area contributed by atoms with E-state index in [1.807, 2.05) is 0 Å². The number of nitrogens with one attached hydrogen (secondary N) is 1. The average Bonchev–Trinajstić information content (AvgIpc) is 3.07. The van der Waals surface area contributed by atoms with Crippen LogP contribution in [0.25, 0.3) is 10.8 Å². The Hall–Kier alpha value is 2.77. The van der Waals surface area contributed by atoms with Crippen LogP contribution in [0.5, 0.6) is 5.75 Å². The van der Waals surface area contributed by atoms with Crippen LogP contribution in [-0.4, -0.2) is 79.9 Å². The molecule has 0 amide bonds. The Kier molecular flexibility index (Phi) is 26.6. The minimum atomic E-state index is -5.80. The van der Waals surface area contributed by atoms with E-state index in [-0.39, 0.29) is 285 Å². The molecular weight excluding hydrogens is 1100 g/mol. The number of anilines is 3. The number of aromatic nitrogens is 2. The van der Waals surface area contributed by atoms with Gasteiger partial charge in [-0.3, -0.25) is 0 Å². The summed E-state index contributed by atoms with van der Waals surface area (Å²) in [6.45, 7) is 1.31. The zero-order chi connectivity index (χ0) is 43.5. The Balaban J connectivity index is 0.00000769. The van der Waals surface area contributed by atoms with Crippen LogP contribution in [0.4, 0.5) is 44.3 Å². The molecule has 0 saturated carbocycles. The Labute approximate surface area is 574 Å². The summed E-state index contributed by atoms with van der Waals surface area (Å²) in [6.07, 6.45) is -1.24. The summed E-state index contributed by atoms with van der Waals surface area (Å²) < 4.78 is 194. The number of nitrogen functional groups attached to an aromatic ring is 1. The van der Waals surface area contributed by atoms with Gasteiger partial charge in [0, 0.05) is 5.69 Å². The molecule has 36 heteroatoms. The van der Waals surface area contributed by atoms with Crippen molar-refractivity contribution in [3.8, 4) is 5.75 Å². The summed E-state index contributed by atoms with van der Waals surface area (Å²) >= 11 is 6.08. The zero-order valence-electron chi connectivity index (χ0n) is 32.7. The molecule has 24 nitrogen and oxygen atoms in total. The number of benzene rings is 4. The molecular formula is C27H15ClFK5N8O16S5. The number of halogens is 2. The number of fused-ring (bicyclic) bond motifs is 1. The van der Waals surface area contributed by atoms with Crippen molar-refractivity contribution in [1.82, 2.24) is 9.97 Å². The molecule has 4 aromatic carbocycles. The molecule has 5 rings (SSSR count). The maximum absolute atomic E-state index is 13.9. The van der Waals surface area contributed by atoms with E-state index in [0.717, 1.165) is 12.1 Å². The summed E-state index contributed by atoms with van der Waals surface area (Å²) in [4.78, 5) is 0.247. The molecule has 0 bridgehead atoms. The van der Waals surface area contributed by atoms with Crippen LogP contribution in [0.2, 0.25) is 5.02 Å². The van der Waals surface area contributed by atoms with Crippen molar-refractivity contribution in [3.05, 3.63) is 65.3 Å². The van der Waals surface area contributed by atoms with Crippen LogP contribution in [0.1, 0.15) is 5.69 Å². The molecule has 0 atom stereocenters. The summed E-state index contributed by atoms with van der Waals surface area (Å²) in [5.74, 6) is -1.84. The molecule has 0 aliphatic heterocycles. The Morgan fingerprint density at radius 1 is 0.635 bits per heavy atom. The van der Waals surface area contributed by atoms with Crippen molar-refractivity contribution in [1.29, 1.82) is 0 Å². The van der Waals surface area contributed by atoms with Gasteiger partial charge in [0.15, 0.2) is 11.6 Å². The van der Waals surface area contributed by atoms with Gasteiger partial charge in [-0.15, -0.1) is 20.5 Å². The predicted octanol–water partition coefficient (Wildman–Crippen LogP) is -11.9. The molecule has 308 valence electrons. The van der Waals surface area contributed by atoms with E-state index >= 15 is 0 Å². The Morgan fingerprint density at radius 3 is 1.56 bits per heavy atom. The maximum atomic E-state index is 13.9. The van der Waals surface area contributed by atoms with Gasteiger partial charge in [0.25, 0.3) is 0 Å².